The number of benzene rings is 2. The van der Waals surface area contributed by atoms with E-state index in [1.807, 2.05) is 48.7 Å². The van der Waals surface area contributed by atoms with Crippen LogP contribution in [0.4, 0.5) is 4.39 Å². The Morgan fingerprint density at radius 3 is 2.54 bits per heavy atom. The van der Waals surface area contributed by atoms with Crippen molar-refractivity contribution in [3.05, 3.63) is 66.0 Å². The van der Waals surface area contributed by atoms with Gasteiger partial charge in [0.05, 0.1) is 5.25 Å². The molecule has 0 unspecified atom stereocenters. The monoisotopic (exact) mass is 398 g/mol. The van der Waals surface area contributed by atoms with Crippen LogP contribution in [0.1, 0.15) is 19.4 Å². The van der Waals surface area contributed by atoms with Gasteiger partial charge in [0, 0.05) is 18.7 Å². The molecule has 1 atom stereocenters. The van der Waals surface area contributed by atoms with Crippen LogP contribution in [0.2, 0.25) is 0 Å². The summed E-state index contributed by atoms with van der Waals surface area (Å²) in [5.74, 6) is 0.487. The third kappa shape index (κ3) is 4.98. The molecule has 5 nitrogen and oxygen atoms in total. The van der Waals surface area contributed by atoms with Crippen LogP contribution in [0.3, 0.4) is 0 Å². The van der Waals surface area contributed by atoms with Gasteiger partial charge in [-0.2, -0.15) is 0 Å². The number of nitrogens with zero attached hydrogens (tertiary/aromatic N) is 3. The summed E-state index contributed by atoms with van der Waals surface area (Å²) >= 11 is 1.39. The minimum Gasteiger partial charge on any atom is -0.355 e. The van der Waals surface area contributed by atoms with Gasteiger partial charge in [0.25, 0.3) is 0 Å². The van der Waals surface area contributed by atoms with Crippen molar-refractivity contribution in [3.63, 3.8) is 0 Å². The van der Waals surface area contributed by atoms with Crippen LogP contribution in [0.15, 0.2) is 59.8 Å². The fourth-order valence-electron chi connectivity index (χ4n) is 2.80. The number of rotatable bonds is 8. The summed E-state index contributed by atoms with van der Waals surface area (Å²) in [6, 6.07) is 16.2. The topological polar surface area (TPSA) is 59.8 Å². The predicted octanol–water partition coefficient (Wildman–Crippen LogP) is 3.94. The predicted molar refractivity (Wildman–Crippen MR) is 110 cm³/mol. The van der Waals surface area contributed by atoms with Gasteiger partial charge >= 0.3 is 0 Å². The minimum absolute atomic E-state index is 0.0565. The Morgan fingerprint density at radius 2 is 1.86 bits per heavy atom. The van der Waals surface area contributed by atoms with Crippen LogP contribution >= 0.6 is 11.8 Å². The quantitative estimate of drug-likeness (QED) is 0.584. The van der Waals surface area contributed by atoms with Crippen LogP contribution in [0.5, 0.6) is 0 Å². The summed E-state index contributed by atoms with van der Waals surface area (Å²) in [6.07, 6.45) is 0.659. The molecule has 0 radical (unpaired) electrons. The summed E-state index contributed by atoms with van der Waals surface area (Å²) in [7, 11) is 0. The molecule has 0 fully saturated rings. The molecule has 7 heteroatoms. The van der Waals surface area contributed by atoms with Gasteiger partial charge in [0.1, 0.15) is 5.82 Å². The molecule has 1 N–H and O–H groups in total. The molecule has 3 rings (SSSR count). The first-order valence-corrected chi connectivity index (χ1v) is 10.1. The number of hydrogen-bond acceptors (Lipinski definition) is 4. The Balaban J connectivity index is 1.58. The lowest BCUT2D eigenvalue weighted by Gasteiger charge is -2.13. The second-order valence-electron chi connectivity index (χ2n) is 6.34. The molecule has 0 aliphatic carbocycles. The minimum atomic E-state index is -0.300. The molecule has 0 saturated heterocycles. The van der Waals surface area contributed by atoms with Gasteiger partial charge < -0.3 is 9.88 Å². The number of amides is 1. The first-order valence-electron chi connectivity index (χ1n) is 9.26. The normalized spacial score (nSPS) is 12.0. The molecule has 0 spiro atoms. The molecule has 0 aliphatic rings. The zero-order valence-electron chi connectivity index (χ0n) is 15.9. The molecule has 0 saturated carbocycles. The van der Waals surface area contributed by atoms with Crippen molar-refractivity contribution in [2.24, 2.45) is 0 Å². The van der Waals surface area contributed by atoms with Crippen molar-refractivity contribution in [3.8, 4) is 11.4 Å². The lowest BCUT2D eigenvalue weighted by molar-refractivity contribution is -0.120. The van der Waals surface area contributed by atoms with Crippen LogP contribution in [0, 0.1) is 5.82 Å². The zero-order valence-corrected chi connectivity index (χ0v) is 16.7. The SMILES string of the molecule is CCn1c(S[C@@H](C)C(=O)NCCc2ccc(F)cc2)nnc1-c1ccccc1. The summed E-state index contributed by atoms with van der Waals surface area (Å²) in [6.45, 7) is 5.12. The molecule has 3 aromatic rings. The Hall–Kier alpha value is -2.67. The number of halogens is 1. The molecular formula is C21H23FN4OS. The third-order valence-electron chi connectivity index (χ3n) is 4.34. The molecule has 0 aliphatic heterocycles. The third-order valence-corrected chi connectivity index (χ3v) is 5.42. The second kappa shape index (κ2) is 9.50. The number of carbonyl (C=O) groups excluding carboxylic acids is 1. The van der Waals surface area contributed by atoms with Crippen LogP contribution in [-0.4, -0.2) is 32.5 Å². The Kier molecular flexibility index (Phi) is 6.81. The highest BCUT2D eigenvalue weighted by Crippen LogP contribution is 2.26. The molecule has 1 amide bonds. The molecular weight excluding hydrogens is 375 g/mol. The fraction of sp³-hybridized carbons (Fsp3) is 0.286. The number of thioether (sulfide) groups is 1. The van der Waals surface area contributed by atoms with E-state index in [4.69, 9.17) is 0 Å². The van der Waals surface area contributed by atoms with Gasteiger partial charge in [-0.15, -0.1) is 10.2 Å². The van der Waals surface area contributed by atoms with E-state index in [0.29, 0.717) is 13.0 Å². The first kappa shape index (κ1) is 20.1. The summed E-state index contributed by atoms with van der Waals surface area (Å²) in [5, 5.41) is 11.9. The van der Waals surface area contributed by atoms with Crippen LogP contribution in [-0.2, 0) is 17.8 Å². The lowest BCUT2D eigenvalue weighted by Crippen LogP contribution is -2.32. The molecule has 28 heavy (non-hydrogen) atoms. The van der Waals surface area contributed by atoms with E-state index in [1.165, 1.54) is 23.9 Å². The Bertz CT molecular complexity index is 912. The highest BCUT2D eigenvalue weighted by Gasteiger charge is 2.20. The highest BCUT2D eigenvalue weighted by atomic mass is 32.2. The van der Waals surface area contributed by atoms with Crippen molar-refractivity contribution in [1.82, 2.24) is 20.1 Å². The van der Waals surface area contributed by atoms with Gasteiger partial charge in [-0.3, -0.25) is 4.79 Å². The number of aromatic nitrogens is 3. The van der Waals surface area contributed by atoms with Gasteiger partial charge in [-0.05, 0) is 38.0 Å². The van der Waals surface area contributed by atoms with Crippen LogP contribution in [0.25, 0.3) is 11.4 Å². The van der Waals surface area contributed by atoms with E-state index in [0.717, 1.165) is 28.7 Å². The van der Waals surface area contributed by atoms with E-state index in [1.54, 1.807) is 12.1 Å². The van der Waals surface area contributed by atoms with Gasteiger partial charge in [-0.1, -0.05) is 54.2 Å². The average Bonchev–Trinajstić information content (AvgIpc) is 3.12. The molecule has 2 aromatic carbocycles. The maximum Gasteiger partial charge on any atom is 0.233 e. The fourth-order valence-corrected chi connectivity index (χ4v) is 3.74. The summed E-state index contributed by atoms with van der Waals surface area (Å²) < 4.78 is 15.0. The van der Waals surface area contributed by atoms with E-state index < -0.39 is 0 Å². The van der Waals surface area contributed by atoms with Crippen LogP contribution < -0.4 is 5.32 Å². The first-order chi connectivity index (χ1) is 13.6. The van der Waals surface area contributed by atoms with Gasteiger partial charge in [0.2, 0.25) is 5.91 Å². The Labute approximate surface area is 168 Å². The van der Waals surface area contributed by atoms with Gasteiger partial charge in [0.15, 0.2) is 11.0 Å². The second-order valence-corrected chi connectivity index (χ2v) is 7.65. The number of carbonyl (C=O) groups is 1. The molecule has 1 aromatic heterocycles. The van der Waals surface area contributed by atoms with Crippen molar-refractivity contribution in [2.45, 2.75) is 37.2 Å². The van der Waals surface area contributed by atoms with Crippen molar-refractivity contribution in [2.75, 3.05) is 6.54 Å². The molecule has 146 valence electrons. The van der Waals surface area contributed by atoms with E-state index in [2.05, 4.69) is 15.5 Å². The average molecular weight is 399 g/mol. The number of nitrogens with one attached hydrogen (secondary N) is 1. The van der Waals surface area contributed by atoms with E-state index in [-0.39, 0.29) is 17.0 Å². The highest BCUT2D eigenvalue weighted by molar-refractivity contribution is 8.00. The Morgan fingerprint density at radius 1 is 1.14 bits per heavy atom. The van der Waals surface area contributed by atoms with E-state index >= 15 is 0 Å². The maximum absolute atomic E-state index is 12.9. The van der Waals surface area contributed by atoms with E-state index in [9.17, 15) is 9.18 Å². The van der Waals surface area contributed by atoms with Gasteiger partial charge in [-0.25, -0.2) is 4.39 Å². The molecule has 0 bridgehead atoms. The summed E-state index contributed by atoms with van der Waals surface area (Å²) in [4.78, 5) is 12.4. The summed E-state index contributed by atoms with van der Waals surface area (Å²) in [5.41, 5.74) is 1.99. The number of hydrogen-bond donors (Lipinski definition) is 1. The van der Waals surface area contributed by atoms with Crippen molar-refractivity contribution in [1.29, 1.82) is 0 Å². The smallest absolute Gasteiger partial charge is 0.233 e. The van der Waals surface area contributed by atoms with Crippen molar-refractivity contribution < 1.29 is 9.18 Å². The maximum atomic E-state index is 12.9. The lowest BCUT2D eigenvalue weighted by atomic mass is 10.1. The largest absolute Gasteiger partial charge is 0.355 e. The van der Waals surface area contributed by atoms with Crippen molar-refractivity contribution >= 4 is 17.7 Å². The molecule has 1 heterocycles. The standard InChI is InChI=1S/C21H23FN4OS/c1-3-26-19(17-7-5-4-6-8-17)24-25-21(26)28-15(2)20(27)23-14-13-16-9-11-18(22)12-10-16/h4-12,15H,3,13-14H2,1-2H3,(H,23,27)/t15-/m0/s1. The zero-order chi connectivity index (χ0) is 19.9.